The van der Waals surface area contributed by atoms with Crippen LogP contribution in [0.15, 0.2) is 0 Å². The average molecular weight is 176 g/mol. The topological polar surface area (TPSA) is 18.5 Å². The first-order valence-corrected chi connectivity index (χ1v) is 7.45. The van der Waals surface area contributed by atoms with E-state index in [9.17, 15) is 0 Å². The van der Waals surface area contributed by atoms with Crippen molar-refractivity contribution < 1.29 is 9.16 Å². The summed E-state index contributed by atoms with van der Waals surface area (Å²) in [6.45, 7) is 11.0. The van der Waals surface area contributed by atoms with Gasteiger partial charge in [0.15, 0.2) is 8.32 Å². The van der Waals surface area contributed by atoms with Crippen molar-refractivity contribution in [3.63, 3.8) is 0 Å². The van der Waals surface area contributed by atoms with Crippen LogP contribution in [0, 0.1) is 0 Å². The van der Waals surface area contributed by atoms with E-state index in [0.717, 1.165) is 25.9 Å². The number of rotatable bonds is 6. The molecule has 0 radical (unpaired) electrons. The average Bonchev–Trinajstić information content (AvgIpc) is 1.87. The van der Waals surface area contributed by atoms with E-state index in [4.69, 9.17) is 9.16 Å². The molecule has 0 saturated heterocycles. The first-order valence-electron chi connectivity index (χ1n) is 4.34. The molecule has 0 unspecified atom stereocenters. The molecule has 0 aromatic carbocycles. The molecule has 0 amide bonds. The van der Waals surface area contributed by atoms with Gasteiger partial charge in [-0.15, -0.1) is 0 Å². The van der Waals surface area contributed by atoms with Crippen LogP contribution in [0.25, 0.3) is 0 Å². The molecule has 0 aromatic rings. The Morgan fingerprint density at radius 1 is 1.09 bits per heavy atom. The maximum Gasteiger partial charge on any atom is 0.188 e. The van der Waals surface area contributed by atoms with Crippen molar-refractivity contribution in [2.45, 2.75) is 33.0 Å². The Bertz CT molecular complexity index is 94.1. The highest BCUT2D eigenvalue weighted by molar-refractivity contribution is 6.71. The molecule has 0 saturated carbocycles. The maximum absolute atomic E-state index is 5.63. The molecule has 0 N–H and O–H groups in total. The number of hydrogen-bond acceptors (Lipinski definition) is 2. The van der Waals surface area contributed by atoms with Gasteiger partial charge in [0, 0.05) is 19.8 Å². The third-order valence-corrected chi connectivity index (χ3v) is 4.07. The Balaban J connectivity index is 3.38. The SMILES string of the molecule is CCOCC[Si](C)(C)OCC. The molecule has 0 aliphatic rings. The smallest absolute Gasteiger partial charge is 0.188 e. The number of hydrogen-bond donors (Lipinski definition) is 0. The van der Waals surface area contributed by atoms with Crippen molar-refractivity contribution in [2.24, 2.45) is 0 Å². The Hall–Kier alpha value is 0.137. The summed E-state index contributed by atoms with van der Waals surface area (Å²) < 4.78 is 10.9. The first kappa shape index (κ1) is 11.1. The van der Waals surface area contributed by atoms with Crippen LogP contribution >= 0.6 is 0 Å². The molecule has 0 bridgehead atoms. The largest absolute Gasteiger partial charge is 0.418 e. The van der Waals surface area contributed by atoms with Crippen molar-refractivity contribution in [2.75, 3.05) is 19.8 Å². The lowest BCUT2D eigenvalue weighted by atomic mass is 10.8. The van der Waals surface area contributed by atoms with Crippen molar-refractivity contribution in [1.29, 1.82) is 0 Å². The molecule has 0 spiro atoms. The van der Waals surface area contributed by atoms with E-state index in [1.165, 1.54) is 0 Å². The lowest BCUT2D eigenvalue weighted by molar-refractivity contribution is 0.157. The number of ether oxygens (including phenoxy) is 1. The minimum absolute atomic E-state index is 0.816. The Morgan fingerprint density at radius 3 is 2.18 bits per heavy atom. The Morgan fingerprint density at radius 2 is 1.73 bits per heavy atom. The lowest BCUT2D eigenvalue weighted by Gasteiger charge is -2.21. The molecule has 0 rings (SSSR count). The second kappa shape index (κ2) is 5.74. The summed E-state index contributed by atoms with van der Waals surface area (Å²) in [5, 5.41) is 0. The van der Waals surface area contributed by atoms with Gasteiger partial charge in [0.25, 0.3) is 0 Å². The van der Waals surface area contributed by atoms with Gasteiger partial charge in [0.2, 0.25) is 0 Å². The van der Waals surface area contributed by atoms with Crippen LogP contribution in [-0.4, -0.2) is 28.1 Å². The molecule has 3 heteroatoms. The normalized spacial score (nSPS) is 12.0. The summed E-state index contributed by atoms with van der Waals surface area (Å²) in [6, 6.07) is 1.11. The Labute approximate surface area is 71.0 Å². The van der Waals surface area contributed by atoms with E-state index in [0.29, 0.717) is 0 Å². The summed E-state index contributed by atoms with van der Waals surface area (Å²) in [4.78, 5) is 0. The minimum Gasteiger partial charge on any atom is -0.418 e. The molecule has 0 aliphatic carbocycles. The van der Waals surface area contributed by atoms with Crippen LogP contribution in [0.2, 0.25) is 19.1 Å². The van der Waals surface area contributed by atoms with E-state index in [1.54, 1.807) is 0 Å². The third-order valence-electron chi connectivity index (χ3n) is 1.59. The monoisotopic (exact) mass is 176 g/mol. The molecule has 2 nitrogen and oxygen atoms in total. The van der Waals surface area contributed by atoms with Crippen LogP contribution in [0.4, 0.5) is 0 Å². The van der Waals surface area contributed by atoms with Crippen LogP contribution in [0.3, 0.4) is 0 Å². The molecule has 0 aliphatic heterocycles. The summed E-state index contributed by atoms with van der Waals surface area (Å²) >= 11 is 0. The van der Waals surface area contributed by atoms with E-state index in [1.807, 2.05) is 6.92 Å². The predicted octanol–water partition coefficient (Wildman–Crippen LogP) is 2.26. The van der Waals surface area contributed by atoms with Gasteiger partial charge in [0.1, 0.15) is 0 Å². The van der Waals surface area contributed by atoms with E-state index >= 15 is 0 Å². The molecule has 11 heavy (non-hydrogen) atoms. The van der Waals surface area contributed by atoms with Gasteiger partial charge in [0.05, 0.1) is 0 Å². The van der Waals surface area contributed by atoms with Gasteiger partial charge >= 0.3 is 0 Å². The molecule has 68 valence electrons. The minimum atomic E-state index is -1.37. The van der Waals surface area contributed by atoms with Crippen LogP contribution in [0.1, 0.15) is 13.8 Å². The third kappa shape index (κ3) is 6.53. The van der Waals surface area contributed by atoms with Crippen LogP contribution in [0.5, 0.6) is 0 Å². The Kier molecular flexibility index (Phi) is 5.82. The zero-order valence-corrected chi connectivity index (χ0v) is 9.14. The highest BCUT2D eigenvalue weighted by atomic mass is 28.4. The zero-order valence-electron chi connectivity index (χ0n) is 8.14. The van der Waals surface area contributed by atoms with Crippen LogP contribution < -0.4 is 0 Å². The highest BCUT2D eigenvalue weighted by Gasteiger charge is 2.20. The fourth-order valence-electron chi connectivity index (χ4n) is 0.925. The summed E-state index contributed by atoms with van der Waals surface area (Å²) in [5.41, 5.74) is 0. The lowest BCUT2D eigenvalue weighted by Crippen LogP contribution is -2.31. The van der Waals surface area contributed by atoms with E-state index in [-0.39, 0.29) is 0 Å². The fourth-order valence-corrected chi connectivity index (χ4v) is 2.49. The zero-order chi connectivity index (χ0) is 8.74. The fraction of sp³-hybridized carbons (Fsp3) is 1.00. The van der Waals surface area contributed by atoms with E-state index in [2.05, 4.69) is 20.0 Å². The van der Waals surface area contributed by atoms with Crippen molar-refractivity contribution in [3.05, 3.63) is 0 Å². The second-order valence-corrected chi connectivity index (χ2v) is 7.45. The molecule has 0 fully saturated rings. The van der Waals surface area contributed by atoms with Crippen molar-refractivity contribution >= 4 is 8.32 Å². The van der Waals surface area contributed by atoms with Gasteiger partial charge < -0.3 is 9.16 Å². The quantitative estimate of drug-likeness (QED) is 0.456. The highest BCUT2D eigenvalue weighted by Crippen LogP contribution is 2.10. The summed E-state index contributed by atoms with van der Waals surface area (Å²) in [5.74, 6) is 0. The van der Waals surface area contributed by atoms with Gasteiger partial charge in [-0.2, -0.15) is 0 Å². The molecule has 0 heterocycles. The molecule has 0 aromatic heterocycles. The molecular weight excluding hydrogens is 156 g/mol. The molecule has 0 atom stereocenters. The van der Waals surface area contributed by atoms with Crippen LogP contribution in [-0.2, 0) is 9.16 Å². The second-order valence-electron chi connectivity index (χ2n) is 3.14. The van der Waals surface area contributed by atoms with Gasteiger partial charge in [-0.1, -0.05) is 0 Å². The van der Waals surface area contributed by atoms with Gasteiger partial charge in [-0.3, -0.25) is 0 Å². The standard InChI is InChI=1S/C8H20O2Si/c1-5-9-7-8-11(3,4)10-6-2/h5-8H2,1-4H3. The maximum atomic E-state index is 5.63. The van der Waals surface area contributed by atoms with Crippen molar-refractivity contribution in [1.82, 2.24) is 0 Å². The summed E-state index contributed by atoms with van der Waals surface area (Å²) in [7, 11) is -1.37. The first-order chi connectivity index (χ1) is 5.12. The van der Waals surface area contributed by atoms with Gasteiger partial charge in [-0.25, -0.2) is 0 Å². The van der Waals surface area contributed by atoms with Crippen molar-refractivity contribution in [3.8, 4) is 0 Å². The van der Waals surface area contributed by atoms with E-state index < -0.39 is 8.32 Å². The van der Waals surface area contributed by atoms with Gasteiger partial charge in [-0.05, 0) is 33.0 Å². The molecular formula is C8H20O2Si. The summed E-state index contributed by atoms with van der Waals surface area (Å²) in [6.07, 6.45) is 0. The predicted molar refractivity (Wildman–Crippen MR) is 50.4 cm³/mol.